The van der Waals surface area contributed by atoms with Crippen LogP contribution in [0.4, 0.5) is 5.69 Å². The number of methoxy groups -OCH3 is 1. The Balaban J connectivity index is 1.76. The van der Waals surface area contributed by atoms with Crippen LogP contribution in [0.2, 0.25) is 5.02 Å². The number of sulfonamides is 1. The molecule has 180 valence electrons. The summed E-state index contributed by atoms with van der Waals surface area (Å²) in [7, 11) is -2.59. The first-order chi connectivity index (χ1) is 15.8. The van der Waals surface area contributed by atoms with E-state index in [2.05, 4.69) is 10.2 Å². The van der Waals surface area contributed by atoms with E-state index < -0.39 is 10.0 Å². The first-order valence-corrected chi connectivity index (χ1v) is 13.0. The van der Waals surface area contributed by atoms with Gasteiger partial charge in [-0.05, 0) is 76.2 Å². The smallest absolute Gasteiger partial charge is 0.264 e. The molecule has 1 heterocycles. The van der Waals surface area contributed by atoms with Crippen molar-refractivity contribution < 1.29 is 17.9 Å². The van der Waals surface area contributed by atoms with E-state index in [-0.39, 0.29) is 23.0 Å². The molecule has 1 amide bonds. The third-order valence-corrected chi connectivity index (χ3v) is 7.74. The molecule has 1 aliphatic rings. The Labute approximate surface area is 201 Å². The molecule has 0 aromatic heterocycles. The highest BCUT2D eigenvalue weighted by Gasteiger charge is 2.29. The topological polar surface area (TPSA) is 79.0 Å². The van der Waals surface area contributed by atoms with Crippen LogP contribution in [0.3, 0.4) is 0 Å². The van der Waals surface area contributed by atoms with Gasteiger partial charge >= 0.3 is 0 Å². The molecule has 0 saturated carbocycles. The Hall–Kier alpha value is -2.29. The third-order valence-electron chi connectivity index (χ3n) is 5.73. The molecule has 0 spiro atoms. The second-order valence-corrected chi connectivity index (χ2v) is 10.5. The van der Waals surface area contributed by atoms with Crippen LogP contribution in [-0.2, 0) is 14.8 Å². The summed E-state index contributed by atoms with van der Waals surface area (Å²) in [5.74, 6) is -0.0701. The van der Waals surface area contributed by atoms with E-state index in [1.165, 1.54) is 44.6 Å². The molecular weight excluding hydrogens is 462 g/mol. The molecule has 0 atom stereocenters. The van der Waals surface area contributed by atoms with Gasteiger partial charge in [0.05, 0.1) is 17.7 Å². The van der Waals surface area contributed by atoms with Crippen LogP contribution in [0.1, 0.15) is 31.2 Å². The Kier molecular flexibility index (Phi) is 9.00. The highest BCUT2D eigenvalue weighted by atomic mass is 35.5. The Morgan fingerprint density at radius 2 is 1.82 bits per heavy atom. The van der Waals surface area contributed by atoms with Crippen molar-refractivity contribution in [3.8, 4) is 5.75 Å². The number of nitrogens with zero attached hydrogens (tertiary/aromatic N) is 2. The highest BCUT2D eigenvalue weighted by molar-refractivity contribution is 7.92. The lowest BCUT2D eigenvalue weighted by Crippen LogP contribution is -2.42. The number of amides is 1. The molecule has 7 nitrogen and oxygen atoms in total. The number of ether oxygens (including phenoxy) is 1. The number of halogens is 1. The number of nitrogens with one attached hydrogen (secondary N) is 1. The molecule has 1 aliphatic heterocycles. The van der Waals surface area contributed by atoms with E-state index in [0.29, 0.717) is 17.3 Å². The van der Waals surface area contributed by atoms with Gasteiger partial charge < -0.3 is 15.0 Å². The second-order valence-electron chi connectivity index (χ2n) is 8.25. The number of rotatable bonds is 10. The predicted molar refractivity (Wildman–Crippen MR) is 132 cm³/mol. The monoisotopic (exact) mass is 493 g/mol. The van der Waals surface area contributed by atoms with Crippen LogP contribution in [0.25, 0.3) is 0 Å². The zero-order valence-electron chi connectivity index (χ0n) is 19.2. The SMILES string of the molecule is COc1ccc(Cl)cc1N(CC(=O)NCCCN1CCCCC1)S(=O)(=O)c1ccc(C)cc1. The van der Waals surface area contributed by atoms with Crippen molar-refractivity contribution in [2.45, 2.75) is 37.5 Å². The van der Waals surface area contributed by atoms with Crippen molar-refractivity contribution in [1.29, 1.82) is 0 Å². The van der Waals surface area contributed by atoms with Gasteiger partial charge in [-0.1, -0.05) is 35.7 Å². The minimum absolute atomic E-state index is 0.0908. The van der Waals surface area contributed by atoms with Crippen LogP contribution in [0.5, 0.6) is 5.75 Å². The number of hydrogen-bond acceptors (Lipinski definition) is 5. The van der Waals surface area contributed by atoms with Gasteiger partial charge in [0.15, 0.2) is 0 Å². The molecular formula is C24H32ClN3O4S. The first-order valence-electron chi connectivity index (χ1n) is 11.2. The predicted octanol–water partition coefficient (Wildman–Crippen LogP) is 3.84. The zero-order chi connectivity index (χ0) is 23.8. The van der Waals surface area contributed by atoms with Crippen LogP contribution >= 0.6 is 11.6 Å². The number of hydrogen-bond donors (Lipinski definition) is 1. The molecule has 0 unspecified atom stereocenters. The molecule has 0 radical (unpaired) electrons. The number of piperidine rings is 1. The van der Waals surface area contributed by atoms with Gasteiger partial charge in [-0.3, -0.25) is 9.10 Å². The van der Waals surface area contributed by atoms with Crippen molar-refractivity contribution in [1.82, 2.24) is 10.2 Å². The van der Waals surface area contributed by atoms with Gasteiger partial charge in [0, 0.05) is 11.6 Å². The Bertz CT molecular complexity index is 1040. The number of benzene rings is 2. The van der Waals surface area contributed by atoms with Crippen molar-refractivity contribution in [2.75, 3.05) is 44.1 Å². The number of aryl methyl sites for hydroxylation is 1. The van der Waals surface area contributed by atoms with Gasteiger partial charge in [-0.2, -0.15) is 0 Å². The molecule has 0 bridgehead atoms. The van der Waals surface area contributed by atoms with Crippen molar-refractivity contribution >= 4 is 33.2 Å². The third kappa shape index (κ3) is 6.85. The molecule has 9 heteroatoms. The summed E-state index contributed by atoms with van der Waals surface area (Å²) in [6, 6.07) is 11.2. The summed E-state index contributed by atoms with van der Waals surface area (Å²) < 4.78 is 33.5. The first kappa shape index (κ1) is 25.3. The van der Waals surface area contributed by atoms with E-state index in [9.17, 15) is 13.2 Å². The number of carbonyl (C=O) groups excluding carboxylic acids is 1. The van der Waals surface area contributed by atoms with E-state index in [1.54, 1.807) is 24.3 Å². The zero-order valence-corrected chi connectivity index (χ0v) is 20.8. The summed E-state index contributed by atoms with van der Waals surface area (Å²) in [5, 5.41) is 3.21. The fourth-order valence-electron chi connectivity index (χ4n) is 3.89. The molecule has 1 N–H and O–H groups in total. The van der Waals surface area contributed by atoms with E-state index in [4.69, 9.17) is 16.3 Å². The normalized spacial score (nSPS) is 14.6. The molecule has 0 aliphatic carbocycles. The average Bonchev–Trinajstić information content (AvgIpc) is 2.81. The lowest BCUT2D eigenvalue weighted by Gasteiger charge is -2.27. The number of carbonyl (C=O) groups is 1. The molecule has 3 rings (SSSR count). The minimum Gasteiger partial charge on any atom is -0.495 e. The summed E-state index contributed by atoms with van der Waals surface area (Å²) in [6.45, 7) is 5.12. The molecule has 1 fully saturated rings. The fraction of sp³-hybridized carbons (Fsp3) is 0.458. The Morgan fingerprint density at radius 3 is 2.48 bits per heavy atom. The van der Waals surface area contributed by atoms with Crippen molar-refractivity contribution in [3.05, 3.63) is 53.1 Å². The summed E-state index contributed by atoms with van der Waals surface area (Å²) in [5.41, 5.74) is 1.15. The lowest BCUT2D eigenvalue weighted by molar-refractivity contribution is -0.119. The number of anilines is 1. The second kappa shape index (κ2) is 11.7. The molecule has 33 heavy (non-hydrogen) atoms. The molecule has 2 aromatic carbocycles. The van der Waals surface area contributed by atoms with Gasteiger partial charge in [0.1, 0.15) is 12.3 Å². The van der Waals surface area contributed by atoms with Crippen LogP contribution in [-0.4, -0.2) is 59.1 Å². The maximum absolute atomic E-state index is 13.5. The summed E-state index contributed by atoms with van der Waals surface area (Å²) >= 11 is 6.17. The van der Waals surface area contributed by atoms with Crippen LogP contribution in [0, 0.1) is 6.92 Å². The minimum atomic E-state index is -4.04. The van der Waals surface area contributed by atoms with E-state index in [1.807, 2.05) is 6.92 Å². The van der Waals surface area contributed by atoms with Crippen molar-refractivity contribution in [3.63, 3.8) is 0 Å². The largest absolute Gasteiger partial charge is 0.495 e. The van der Waals surface area contributed by atoms with Gasteiger partial charge in [0.2, 0.25) is 5.91 Å². The van der Waals surface area contributed by atoms with Crippen molar-refractivity contribution in [2.24, 2.45) is 0 Å². The number of likely N-dealkylation sites (tertiary alicyclic amines) is 1. The van der Waals surface area contributed by atoms with E-state index in [0.717, 1.165) is 35.9 Å². The maximum Gasteiger partial charge on any atom is 0.264 e. The van der Waals surface area contributed by atoms with Crippen LogP contribution in [0.15, 0.2) is 47.4 Å². The van der Waals surface area contributed by atoms with Gasteiger partial charge in [-0.15, -0.1) is 0 Å². The lowest BCUT2D eigenvalue weighted by atomic mass is 10.1. The maximum atomic E-state index is 13.5. The van der Waals surface area contributed by atoms with Gasteiger partial charge in [-0.25, -0.2) is 8.42 Å². The molecule has 2 aromatic rings. The van der Waals surface area contributed by atoms with Gasteiger partial charge in [0.25, 0.3) is 10.0 Å². The summed E-state index contributed by atoms with van der Waals surface area (Å²) in [4.78, 5) is 15.3. The van der Waals surface area contributed by atoms with Crippen LogP contribution < -0.4 is 14.4 Å². The molecule has 1 saturated heterocycles. The summed E-state index contributed by atoms with van der Waals surface area (Å²) in [6.07, 6.45) is 4.54. The Morgan fingerprint density at radius 1 is 1.12 bits per heavy atom. The quantitative estimate of drug-likeness (QED) is 0.509. The van der Waals surface area contributed by atoms with E-state index >= 15 is 0 Å². The highest BCUT2D eigenvalue weighted by Crippen LogP contribution is 2.34. The average molecular weight is 494 g/mol. The standard InChI is InChI=1S/C24H32ClN3O4S/c1-19-7-10-21(11-8-19)33(30,31)28(22-17-20(25)9-12-23(22)32-2)18-24(29)26-13-6-16-27-14-4-3-5-15-27/h7-12,17H,3-6,13-16,18H2,1-2H3,(H,26,29). The fourth-order valence-corrected chi connectivity index (χ4v) is 5.48.